The monoisotopic (exact) mass is 474 g/mol. The van der Waals surface area contributed by atoms with E-state index >= 15 is 0 Å². The van der Waals surface area contributed by atoms with E-state index < -0.39 is 17.9 Å². The number of allylic oxidation sites excluding steroid dienone is 1. The Morgan fingerprint density at radius 2 is 2.00 bits per heavy atom. The molecule has 1 amide bonds. The summed E-state index contributed by atoms with van der Waals surface area (Å²) >= 11 is 7.62. The van der Waals surface area contributed by atoms with E-state index in [1.165, 1.54) is 16.2 Å². The van der Waals surface area contributed by atoms with Crippen LogP contribution in [0.4, 0.5) is 5.13 Å². The quantitative estimate of drug-likeness (QED) is 0.574. The summed E-state index contributed by atoms with van der Waals surface area (Å²) in [7, 11) is 0. The molecule has 4 rings (SSSR count). The highest BCUT2D eigenvalue weighted by Crippen LogP contribution is 2.42. The van der Waals surface area contributed by atoms with Crippen molar-refractivity contribution in [3.05, 3.63) is 46.8 Å². The van der Waals surface area contributed by atoms with Gasteiger partial charge < -0.3 is 10.2 Å². The first-order chi connectivity index (χ1) is 15.5. The van der Waals surface area contributed by atoms with E-state index in [-0.39, 0.29) is 24.9 Å². The molecule has 0 spiro atoms. The van der Waals surface area contributed by atoms with Crippen LogP contribution in [0, 0.1) is 17.8 Å². The predicted octanol–water partition coefficient (Wildman–Crippen LogP) is 5.01. The fraction of sp³-hybridized carbons (Fsp3) is 0.458. The van der Waals surface area contributed by atoms with Crippen LogP contribution in [0.3, 0.4) is 0 Å². The largest absolute Gasteiger partial charge is 0.481 e. The fourth-order valence-corrected chi connectivity index (χ4v) is 6.17. The molecule has 32 heavy (non-hydrogen) atoms. The summed E-state index contributed by atoms with van der Waals surface area (Å²) in [4.78, 5) is 31.7. The van der Waals surface area contributed by atoms with Crippen LogP contribution in [0.1, 0.15) is 38.5 Å². The zero-order valence-electron chi connectivity index (χ0n) is 17.7. The van der Waals surface area contributed by atoms with Gasteiger partial charge in [-0.1, -0.05) is 67.6 Å². The van der Waals surface area contributed by atoms with Crippen molar-refractivity contribution in [1.82, 2.24) is 4.98 Å². The number of thiazole rings is 1. The van der Waals surface area contributed by atoms with Crippen LogP contribution in [-0.2, 0) is 9.59 Å². The predicted molar refractivity (Wildman–Crippen MR) is 126 cm³/mol. The molecule has 0 radical (unpaired) electrons. The van der Waals surface area contributed by atoms with Gasteiger partial charge in [0.25, 0.3) is 0 Å². The SMILES string of the molecule is O=C(O)C[C@@H]1C(=O)N(c2nc(-c3ccccc3Cl)cs2)[C@H](CO)C=CC[C@@H]1C1CCCC1. The molecule has 2 heterocycles. The third kappa shape index (κ3) is 4.75. The number of carboxylic acids is 1. The highest BCUT2D eigenvalue weighted by atomic mass is 35.5. The number of benzene rings is 1. The van der Waals surface area contributed by atoms with Crippen LogP contribution >= 0.6 is 22.9 Å². The minimum Gasteiger partial charge on any atom is -0.481 e. The summed E-state index contributed by atoms with van der Waals surface area (Å²) < 4.78 is 0. The number of aromatic nitrogens is 1. The van der Waals surface area contributed by atoms with Crippen LogP contribution in [0.15, 0.2) is 41.8 Å². The lowest BCUT2D eigenvalue weighted by Crippen LogP contribution is -2.48. The minimum atomic E-state index is -0.979. The third-order valence-corrected chi connectivity index (χ3v) is 7.77. The van der Waals surface area contributed by atoms with Gasteiger partial charge in [0.15, 0.2) is 5.13 Å². The van der Waals surface area contributed by atoms with Gasteiger partial charge in [0, 0.05) is 16.0 Å². The molecule has 0 bridgehead atoms. The summed E-state index contributed by atoms with van der Waals surface area (Å²) in [5.41, 5.74) is 1.41. The zero-order chi connectivity index (χ0) is 22.7. The number of carbonyl (C=O) groups is 2. The van der Waals surface area contributed by atoms with E-state index in [1.54, 1.807) is 6.07 Å². The van der Waals surface area contributed by atoms with E-state index in [0.717, 1.165) is 31.2 Å². The number of anilines is 1. The van der Waals surface area contributed by atoms with Crippen molar-refractivity contribution in [2.45, 2.75) is 44.6 Å². The number of hydrogen-bond donors (Lipinski definition) is 2. The van der Waals surface area contributed by atoms with Crippen molar-refractivity contribution in [3.8, 4) is 11.3 Å². The number of nitrogens with zero attached hydrogens (tertiary/aromatic N) is 2. The van der Waals surface area contributed by atoms with Crippen LogP contribution in [-0.4, -0.2) is 39.7 Å². The molecule has 1 aliphatic carbocycles. The second-order valence-electron chi connectivity index (χ2n) is 8.53. The van der Waals surface area contributed by atoms with Crippen LogP contribution < -0.4 is 4.90 Å². The van der Waals surface area contributed by atoms with Gasteiger partial charge in [-0.05, 0) is 24.3 Å². The number of amides is 1. The number of rotatable bonds is 6. The number of aliphatic hydroxyl groups is 1. The van der Waals surface area contributed by atoms with Crippen LogP contribution in [0.5, 0.6) is 0 Å². The topological polar surface area (TPSA) is 90.7 Å². The molecule has 2 aliphatic rings. The van der Waals surface area contributed by atoms with E-state index in [2.05, 4.69) is 4.98 Å². The summed E-state index contributed by atoms with van der Waals surface area (Å²) in [6, 6.07) is 6.77. The number of carbonyl (C=O) groups excluding carboxylic acids is 1. The van der Waals surface area contributed by atoms with E-state index in [9.17, 15) is 19.8 Å². The van der Waals surface area contributed by atoms with Gasteiger partial charge in [-0.3, -0.25) is 14.5 Å². The second-order valence-corrected chi connectivity index (χ2v) is 9.77. The van der Waals surface area contributed by atoms with Crippen molar-refractivity contribution in [2.75, 3.05) is 11.5 Å². The molecule has 0 unspecified atom stereocenters. The maximum absolute atomic E-state index is 13.8. The van der Waals surface area contributed by atoms with Gasteiger partial charge in [-0.25, -0.2) is 4.98 Å². The fourth-order valence-electron chi connectivity index (χ4n) is 5.05. The molecule has 170 valence electrons. The summed E-state index contributed by atoms with van der Waals surface area (Å²) in [6.45, 7) is -0.267. The molecular weight excluding hydrogens is 448 g/mol. The first kappa shape index (κ1) is 23.0. The standard InChI is InChI=1S/C24H27ClN2O4S/c25-20-11-4-3-9-18(20)21-14-32-24(26-21)27-16(13-28)8-5-10-17(15-6-1-2-7-15)19(23(27)31)12-22(29)30/h3-5,8-9,11,14-17,19,28H,1-2,6-7,10,12-13H2,(H,29,30)/t16-,17+,19-/m0/s1. The lowest BCUT2D eigenvalue weighted by atomic mass is 9.75. The normalized spacial score (nSPS) is 24.5. The number of hydrogen-bond acceptors (Lipinski definition) is 5. The Bertz CT molecular complexity index is 1000. The van der Waals surface area contributed by atoms with E-state index in [0.29, 0.717) is 28.2 Å². The van der Waals surface area contributed by atoms with Crippen LogP contribution in [0.2, 0.25) is 5.02 Å². The summed E-state index contributed by atoms with van der Waals surface area (Å²) in [5, 5.41) is 22.5. The van der Waals surface area contributed by atoms with Crippen LogP contribution in [0.25, 0.3) is 11.3 Å². The lowest BCUT2D eigenvalue weighted by Gasteiger charge is -2.37. The van der Waals surface area contributed by atoms with Gasteiger partial charge in [0.05, 0.1) is 30.7 Å². The number of aliphatic carboxylic acids is 1. The molecule has 0 saturated heterocycles. The zero-order valence-corrected chi connectivity index (χ0v) is 19.3. The lowest BCUT2D eigenvalue weighted by molar-refractivity contribution is -0.142. The Kier molecular flexibility index (Phi) is 7.28. The summed E-state index contributed by atoms with van der Waals surface area (Å²) in [5.74, 6) is -1.58. The molecular formula is C24H27ClN2O4S. The van der Waals surface area contributed by atoms with Crippen molar-refractivity contribution < 1.29 is 19.8 Å². The van der Waals surface area contributed by atoms with Gasteiger partial charge >= 0.3 is 5.97 Å². The summed E-state index contributed by atoms with van der Waals surface area (Å²) in [6.07, 6.45) is 8.59. The number of carboxylic acid groups (broad SMARTS) is 1. The molecule has 1 aliphatic heterocycles. The minimum absolute atomic E-state index is 0.0255. The maximum atomic E-state index is 13.8. The molecule has 1 aromatic carbocycles. The molecule has 1 saturated carbocycles. The second kappa shape index (κ2) is 10.1. The average molecular weight is 475 g/mol. The van der Waals surface area contributed by atoms with Gasteiger partial charge in [-0.2, -0.15) is 0 Å². The van der Waals surface area contributed by atoms with Crippen molar-refractivity contribution >= 4 is 39.9 Å². The Morgan fingerprint density at radius 3 is 2.69 bits per heavy atom. The number of aliphatic hydroxyl groups excluding tert-OH is 1. The Morgan fingerprint density at radius 1 is 1.25 bits per heavy atom. The maximum Gasteiger partial charge on any atom is 0.304 e. The molecule has 8 heteroatoms. The van der Waals surface area contributed by atoms with E-state index in [1.807, 2.05) is 35.7 Å². The van der Waals surface area contributed by atoms with Gasteiger partial charge in [0.1, 0.15) is 0 Å². The Labute approximate surface area is 196 Å². The third-order valence-electron chi connectivity index (χ3n) is 6.60. The van der Waals surface area contributed by atoms with E-state index in [4.69, 9.17) is 11.6 Å². The first-order valence-electron chi connectivity index (χ1n) is 11.0. The van der Waals surface area contributed by atoms with Gasteiger partial charge in [0.2, 0.25) is 5.91 Å². The van der Waals surface area contributed by atoms with Gasteiger partial charge in [-0.15, -0.1) is 11.3 Å². The molecule has 6 nitrogen and oxygen atoms in total. The molecule has 2 N–H and O–H groups in total. The van der Waals surface area contributed by atoms with Crippen molar-refractivity contribution in [3.63, 3.8) is 0 Å². The van der Waals surface area contributed by atoms with Crippen molar-refractivity contribution in [2.24, 2.45) is 17.8 Å². The molecule has 1 fully saturated rings. The molecule has 1 aromatic heterocycles. The van der Waals surface area contributed by atoms with Crippen molar-refractivity contribution in [1.29, 1.82) is 0 Å². The smallest absolute Gasteiger partial charge is 0.304 e. The highest BCUT2D eigenvalue weighted by molar-refractivity contribution is 7.14. The molecule has 3 atom stereocenters. The first-order valence-corrected chi connectivity index (χ1v) is 12.3. The highest BCUT2D eigenvalue weighted by Gasteiger charge is 2.41. The Hall–Kier alpha value is -2.22. The molecule has 2 aromatic rings. The number of halogens is 1. The average Bonchev–Trinajstić information content (AvgIpc) is 3.46. The Balaban J connectivity index is 1.73.